The molecule has 2 amide bonds. The summed E-state index contributed by atoms with van der Waals surface area (Å²) in [5.41, 5.74) is 2.93. The Labute approximate surface area is 237 Å². The van der Waals surface area contributed by atoms with Crippen molar-refractivity contribution in [2.75, 3.05) is 56.1 Å². The van der Waals surface area contributed by atoms with E-state index in [1.807, 2.05) is 16.9 Å². The van der Waals surface area contributed by atoms with E-state index >= 15 is 0 Å². The van der Waals surface area contributed by atoms with Gasteiger partial charge in [-0.15, -0.1) is 0 Å². The fourth-order valence-corrected chi connectivity index (χ4v) is 5.46. The van der Waals surface area contributed by atoms with E-state index in [2.05, 4.69) is 26.7 Å². The molecule has 3 atom stereocenters. The standard InChI is InChI=1S/C28H31N7O6/c1-39-24-5-7-34(23(24)14-37)12-18-8-17-4-3-6-35(27(17)32-21(18)13-36)28(38)33-26-9-20(19(10-29)11-30-26)31-22-15-41-16-25(22)40-2/h8-9,11,13,22,24-25H,3-7,12,15-16H2,1-2H3,(H2,30,31,33,38)/t22-,24+,25-/m0/s1. The second kappa shape index (κ2) is 12.4. The van der Waals surface area contributed by atoms with Gasteiger partial charge in [0.1, 0.15) is 47.2 Å². The Morgan fingerprint density at radius 3 is 2.85 bits per heavy atom. The molecule has 13 heteroatoms. The lowest BCUT2D eigenvalue weighted by Crippen LogP contribution is -2.40. The van der Waals surface area contributed by atoms with E-state index in [0.29, 0.717) is 86.7 Å². The summed E-state index contributed by atoms with van der Waals surface area (Å²) in [5.74, 6) is 2.62. The van der Waals surface area contributed by atoms with Gasteiger partial charge in [-0.2, -0.15) is 5.26 Å². The number of anilines is 3. The van der Waals surface area contributed by atoms with Crippen LogP contribution in [-0.4, -0.2) is 91.9 Å². The summed E-state index contributed by atoms with van der Waals surface area (Å²) in [7, 11) is 3.15. The van der Waals surface area contributed by atoms with Crippen LogP contribution < -0.4 is 15.5 Å². The summed E-state index contributed by atoms with van der Waals surface area (Å²) in [6, 6.07) is 4.97. The molecule has 2 aromatic heterocycles. The Morgan fingerprint density at radius 1 is 1.27 bits per heavy atom. The molecule has 2 saturated heterocycles. The van der Waals surface area contributed by atoms with Crippen LogP contribution in [0.1, 0.15) is 40.0 Å². The van der Waals surface area contributed by atoms with Gasteiger partial charge < -0.3 is 24.4 Å². The largest absolute Gasteiger partial charge is 0.377 e. The topological polar surface area (TPSA) is 159 Å². The van der Waals surface area contributed by atoms with E-state index in [0.717, 1.165) is 5.56 Å². The number of carbonyl (C=O) groups is 2. The smallest absolute Gasteiger partial charge is 0.328 e. The summed E-state index contributed by atoms with van der Waals surface area (Å²) in [4.78, 5) is 49.1. The first-order chi connectivity index (χ1) is 20.0. The molecule has 2 fully saturated rings. The van der Waals surface area contributed by atoms with Crippen molar-refractivity contribution in [2.24, 2.45) is 0 Å². The molecule has 3 aliphatic rings. The van der Waals surface area contributed by atoms with Gasteiger partial charge in [-0.1, -0.05) is 0 Å². The van der Waals surface area contributed by atoms with Crippen molar-refractivity contribution in [3.8, 4) is 6.07 Å². The van der Waals surface area contributed by atoms with Gasteiger partial charge in [0.25, 0.3) is 0 Å². The Hall–Kier alpha value is -4.34. The minimum atomic E-state index is -0.459. The summed E-state index contributed by atoms with van der Waals surface area (Å²) in [6.45, 7) is 2.17. The molecule has 13 nitrogen and oxygen atoms in total. The Morgan fingerprint density at radius 2 is 2.12 bits per heavy atom. The summed E-state index contributed by atoms with van der Waals surface area (Å²) < 4.78 is 16.3. The molecule has 2 aromatic rings. The minimum absolute atomic E-state index is 0.161. The van der Waals surface area contributed by atoms with E-state index in [-0.39, 0.29) is 29.8 Å². The number of pyridine rings is 2. The highest BCUT2D eigenvalue weighted by molar-refractivity contribution is 6.01. The SMILES string of the molecule is CO[C@H]1COC[C@@H]1Nc1cc(NC(=O)N2CCCc3cc(CN4CC[C@@H](OC)C4=C=O)c(C=O)nc32)ncc1C#N. The summed E-state index contributed by atoms with van der Waals surface area (Å²) in [6.07, 6.45) is 3.60. The number of rotatable bonds is 8. The van der Waals surface area contributed by atoms with Crippen molar-refractivity contribution in [1.29, 1.82) is 5.26 Å². The first-order valence-electron chi connectivity index (χ1n) is 13.4. The van der Waals surface area contributed by atoms with Crippen LogP contribution in [0, 0.1) is 11.3 Å². The van der Waals surface area contributed by atoms with E-state index < -0.39 is 6.03 Å². The van der Waals surface area contributed by atoms with Gasteiger partial charge in [0.15, 0.2) is 6.29 Å². The highest BCUT2D eigenvalue weighted by Gasteiger charge is 2.32. The molecule has 214 valence electrons. The Kier molecular flexibility index (Phi) is 8.56. The number of nitriles is 1. The van der Waals surface area contributed by atoms with Gasteiger partial charge in [0.05, 0.1) is 30.5 Å². The lowest BCUT2D eigenvalue weighted by atomic mass is 10.0. The quantitative estimate of drug-likeness (QED) is 0.358. The van der Waals surface area contributed by atoms with Crippen molar-refractivity contribution < 1.29 is 28.6 Å². The summed E-state index contributed by atoms with van der Waals surface area (Å²) in [5, 5.41) is 15.6. The van der Waals surface area contributed by atoms with Gasteiger partial charge in [-0.05, 0) is 30.9 Å². The van der Waals surface area contributed by atoms with Gasteiger partial charge >= 0.3 is 6.03 Å². The maximum Gasteiger partial charge on any atom is 0.328 e. The minimum Gasteiger partial charge on any atom is -0.377 e. The number of amides is 2. The molecule has 0 radical (unpaired) electrons. The van der Waals surface area contributed by atoms with Crippen molar-refractivity contribution in [3.05, 3.63) is 46.4 Å². The van der Waals surface area contributed by atoms with Crippen molar-refractivity contribution >= 4 is 35.6 Å². The third kappa shape index (κ3) is 5.77. The molecule has 0 aromatic carbocycles. The maximum absolute atomic E-state index is 13.4. The molecule has 5 heterocycles. The number of ether oxygens (including phenoxy) is 3. The number of nitrogens with zero attached hydrogens (tertiary/aromatic N) is 5. The van der Waals surface area contributed by atoms with Gasteiger partial charge in [-0.3, -0.25) is 15.0 Å². The number of methoxy groups -OCH3 is 2. The number of hydrogen-bond donors (Lipinski definition) is 2. The van der Waals surface area contributed by atoms with Crippen LogP contribution in [0.4, 0.5) is 22.1 Å². The fourth-order valence-electron chi connectivity index (χ4n) is 5.46. The van der Waals surface area contributed by atoms with Crippen LogP contribution in [0.2, 0.25) is 0 Å². The molecule has 5 rings (SSSR count). The number of hydrogen-bond acceptors (Lipinski definition) is 11. The number of fused-ring (bicyclic) bond motifs is 1. The number of urea groups is 1. The molecule has 0 aliphatic carbocycles. The highest BCUT2D eigenvalue weighted by Crippen LogP contribution is 2.31. The maximum atomic E-state index is 13.4. The third-order valence-corrected chi connectivity index (χ3v) is 7.62. The predicted octanol–water partition coefficient (Wildman–Crippen LogP) is 1.91. The van der Waals surface area contributed by atoms with Crippen molar-refractivity contribution in [1.82, 2.24) is 14.9 Å². The number of nitrogens with one attached hydrogen (secondary N) is 2. The molecule has 2 N–H and O–H groups in total. The second-order valence-electron chi connectivity index (χ2n) is 10.0. The van der Waals surface area contributed by atoms with Crippen molar-refractivity contribution in [3.63, 3.8) is 0 Å². The van der Waals surface area contributed by atoms with Crippen LogP contribution in [0.5, 0.6) is 0 Å². The summed E-state index contributed by atoms with van der Waals surface area (Å²) >= 11 is 0. The van der Waals surface area contributed by atoms with Crippen LogP contribution >= 0.6 is 0 Å². The molecule has 41 heavy (non-hydrogen) atoms. The molecule has 3 aliphatic heterocycles. The lowest BCUT2D eigenvalue weighted by Gasteiger charge is -2.30. The number of likely N-dealkylation sites (tertiary alicyclic amines) is 1. The fraction of sp³-hybridized carbons (Fsp3) is 0.464. The highest BCUT2D eigenvalue weighted by atomic mass is 16.5. The number of carbonyl (C=O) groups excluding carboxylic acids is 3. The van der Waals surface area contributed by atoms with Crippen molar-refractivity contribution in [2.45, 2.75) is 44.1 Å². The van der Waals surface area contributed by atoms with E-state index in [9.17, 15) is 19.6 Å². The zero-order valence-electron chi connectivity index (χ0n) is 22.9. The molecule has 0 saturated carbocycles. The van der Waals surface area contributed by atoms with Gasteiger partial charge in [0.2, 0.25) is 0 Å². The zero-order valence-corrected chi connectivity index (χ0v) is 22.9. The molecule has 0 spiro atoms. The van der Waals surface area contributed by atoms with E-state index in [4.69, 9.17) is 14.2 Å². The van der Waals surface area contributed by atoms with Gasteiger partial charge in [-0.25, -0.2) is 19.6 Å². The molecule has 0 unspecified atom stereocenters. The normalized spacial score (nSPS) is 21.7. The van der Waals surface area contributed by atoms with Crippen LogP contribution in [-0.2, 0) is 32.0 Å². The number of aldehydes is 1. The monoisotopic (exact) mass is 561 g/mol. The number of aromatic nitrogens is 2. The zero-order chi connectivity index (χ0) is 28.9. The van der Waals surface area contributed by atoms with Crippen LogP contribution in [0.3, 0.4) is 0 Å². The predicted molar refractivity (Wildman–Crippen MR) is 147 cm³/mol. The lowest BCUT2D eigenvalue weighted by molar-refractivity contribution is 0.0795. The third-order valence-electron chi connectivity index (χ3n) is 7.62. The van der Waals surface area contributed by atoms with Gasteiger partial charge in [0, 0.05) is 51.7 Å². The average Bonchev–Trinajstić information content (AvgIpc) is 3.62. The Bertz CT molecular complexity index is 1420. The van der Waals surface area contributed by atoms with Crippen LogP contribution in [0.15, 0.2) is 24.0 Å². The number of aryl methyl sites for hydroxylation is 1. The van der Waals surface area contributed by atoms with E-state index in [1.54, 1.807) is 20.3 Å². The molecular formula is C28H31N7O6. The average molecular weight is 562 g/mol. The first-order valence-corrected chi connectivity index (χ1v) is 13.4. The second-order valence-corrected chi connectivity index (χ2v) is 10.0. The Balaban J connectivity index is 1.35. The molecular weight excluding hydrogens is 530 g/mol. The van der Waals surface area contributed by atoms with E-state index in [1.165, 1.54) is 11.1 Å². The molecule has 0 bridgehead atoms. The first kappa shape index (κ1) is 28.2. The van der Waals surface area contributed by atoms with Crippen LogP contribution in [0.25, 0.3) is 0 Å².